The van der Waals surface area contributed by atoms with E-state index in [-0.39, 0.29) is 13.0 Å². The maximum Gasteiger partial charge on any atom is 0.407 e. The summed E-state index contributed by atoms with van der Waals surface area (Å²) in [5, 5.41) is 22.8. The topological polar surface area (TPSA) is 105 Å². The Morgan fingerprint density at radius 3 is 2.55 bits per heavy atom. The summed E-state index contributed by atoms with van der Waals surface area (Å²) in [6, 6.07) is 5.29. The third-order valence-electron chi connectivity index (χ3n) is 3.13. The zero-order chi connectivity index (χ0) is 16.9. The average Bonchev–Trinajstić information content (AvgIpc) is 2.35. The molecule has 0 aliphatic rings. The van der Waals surface area contributed by atoms with Gasteiger partial charge in [-0.1, -0.05) is 12.1 Å². The molecule has 6 heteroatoms. The van der Waals surface area contributed by atoms with E-state index in [0.29, 0.717) is 11.3 Å². The number of anilines is 1. The number of aliphatic hydroxyl groups is 2. The Balaban J connectivity index is 2.52. The summed E-state index contributed by atoms with van der Waals surface area (Å²) in [5.74, 6) is 0. The number of ether oxygens (including phenoxy) is 1. The van der Waals surface area contributed by atoms with Crippen molar-refractivity contribution in [3.8, 4) is 0 Å². The molecule has 0 aliphatic carbocycles. The molecule has 0 fully saturated rings. The number of benzene rings is 1. The molecule has 1 aromatic rings. The molecule has 2 unspecified atom stereocenters. The van der Waals surface area contributed by atoms with Crippen LogP contribution in [0.3, 0.4) is 0 Å². The van der Waals surface area contributed by atoms with Crippen molar-refractivity contribution in [2.75, 3.05) is 12.3 Å². The minimum absolute atomic E-state index is 0.189. The van der Waals surface area contributed by atoms with Gasteiger partial charge in [0.1, 0.15) is 11.7 Å². The highest BCUT2D eigenvalue weighted by atomic mass is 16.6. The van der Waals surface area contributed by atoms with E-state index < -0.39 is 23.9 Å². The zero-order valence-electron chi connectivity index (χ0n) is 13.6. The van der Waals surface area contributed by atoms with Gasteiger partial charge in [-0.25, -0.2) is 4.79 Å². The number of nitrogen functional groups attached to an aromatic ring is 1. The Bertz CT molecular complexity index is 491. The van der Waals surface area contributed by atoms with E-state index in [0.717, 1.165) is 5.56 Å². The third kappa shape index (κ3) is 5.54. The molecular weight excluding hydrogens is 284 g/mol. The standard InChI is InChI=1S/C16H26N2O4/c1-10-6-5-7-11(17)13(10)14(20)12(19)8-9-18-15(21)22-16(2,3)4/h5-7,12,14,19-20H,8-9,17H2,1-4H3,(H,18,21). The minimum Gasteiger partial charge on any atom is -0.444 e. The first-order valence-electron chi connectivity index (χ1n) is 7.30. The van der Waals surface area contributed by atoms with Crippen LogP contribution in [0.2, 0.25) is 0 Å². The Kier molecular flexibility index (Phi) is 6.20. The number of amides is 1. The van der Waals surface area contributed by atoms with Crippen molar-refractivity contribution >= 4 is 11.8 Å². The molecule has 1 amide bonds. The molecule has 0 spiro atoms. The largest absolute Gasteiger partial charge is 0.444 e. The van der Waals surface area contributed by atoms with Crippen LogP contribution in [0.4, 0.5) is 10.5 Å². The number of nitrogens with one attached hydrogen (secondary N) is 1. The fourth-order valence-electron chi connectivity index (χ4n) is 2.09. The zero-order valence-corrected chi connectivity index (χ0v) is 13.6. The predicted molar refractivity (Wildman–Crippen MR) is 85.4 cm³/mol. The van der Waals surface area contributed by atoms with Crippen LogP contribution in [0.5, 0.6) is 0 Å². The van der Waals surface area contributed by atoms with E-state index in [1.54, 1.807) is 32.9 Å². The predicted octanol–water partition coefficient (Wildman–Crippen LogP) is 1.89. The molecule has 124 valence electrons. The van der Waals surface area contributed by atoms with Crippen LogP contribution >= 0.6 is 0 Å². The molecule has 0 aromatic heterocycles. The minimum atomic E-state index is -1.10. The number of alkyl carbamates (subject to hydrolysis) is 1. The quantitative estimate of drug-likeness (QED) is 0.622. The number of hydrogen-bond donors (Lipinski definition) is 4. The number of hydrogen-bond acceptors (Lipinski definition) is 5. The molecule has 0 heterocycles. The Morgan fingerprint density at radius 1 is 1.36 bits per heavy atom. The molecule has 0 saturated carbocycles. The normalized spacial score (nSPS) is 14.3. The molecule has 1 aromatic carbocycles. The fraction of sp³-hybridized carbons (Fsp3) is 0.562. The molecule has 0 saturated heterocycles. The van der Waals surface area contributed by atoms with Gasteiger partial charge in [-0.3, -0.25) is 0 Å². The average molecular weight is 310 g/mol. The summed E-state index contributed by atoms with van der Waals surface area (Å²) < 4.78 is 5.09. The first-order valence-corrected chi connectivity index (χ1v) is 7.30. The molecule has 0 aliphatic heterocycles. The van der Waals surface area contributed by atoms with E-state index in [2.05, 4.69) is 5.32 Å². The van der Waals surface area contributed by atoms with Crippen molar-refractivity contribution < 1.29 is 19.7 Å². The lowest BCUT2D eigenvalue weighted by Crippen LogP contribution is -2.34. The van der Waals surface area contributed by atoms with E-state index in [9.17, 15) is 15.0 Å². The highest BCUT2D eigenvalue weighted by Gasteiger charge is 2.22. The van der Waals surface area contributed by atoms with Gasteiger partial charge < -0.3 is 26.0 Å². The highest BCUT2D eigenvalue weighted by molar-refractivity contribution is 5.67. The van der Waals surface area contributed by atoms with Crippen LogP contribution in [-0.2, 0) is 4.74 Å². The van der Waals surface area contributed by atoms with Crippen molar-refractivity contribution in [2.24, 2.45) is 0 Å². The van der Waals surface area contributed by atoms with Gasteiger partial charge in [-0.15, -0.1) is 0 Å². The number of aliphatic hydroxyl groups excluding tert-OH is 2. The summed E-state index contributed by atoms with van der Waals surface area (Å²) in [5.41, 5.74) is 7.04. The lowest BCUT2D eigenvalue weighted by molar-refractivity contribution is 0.0123. The Hall–Kier alpha value is -1.79. The first kappa shape index (κ1) is 18.3. The Morgan fingerprint density at radius 2 is 2.00 bits per heavy atom. The Labute approximate surface area is 131 Å². The summed E-state index contributed by atoms with van der Waals surface area (Å²) in [7, 11) is 0. The second-order valence-electron chi connectivity index (χ2n) is 6.31. The maximum atomic E-state index is 11.5. The molecule has 1 rings (SSSR count). The van der Waals surface area contributed by atoms with Crippen molar-refractivity contribution in [1.82, 2.24) is 5.32 Å². The van der Waals surface area contributed by atoms with Crippen molar-refractivity contribution in [2.45, 2.75) is 51.9 Å². The van der Waals surface area contributed by atoms with E-state index in [1.807, 2.05) is 13.0 Å². The van der Waals surface area contributed by atoms with Crippen LogP contribution in [0.1, 0.15) is 44.4 Å². The first-order chi connectivity index (χ1) is 10.1. The summed E-state index contributed by atoms with van der Waals surface area (Å²) in [4.78, 5) is 11.5. The van der Waals surface area contributed by atoms with Gasteiger partial charge in [0.25, 0.3) is 0 Å². The summed E-state index contributed by atoms with van der Waals surface area (Å²) in [6.07, 6.45) is -2.49. The highest BCUT2D eigenvalue weighted by Crippen LogP contribution is 2.27. The smallest absolute Gasteiger partial charge is 0.407 e. The third-order valence-corrected chi connectivity index (χ3v) is 3.13. The fourth-order valence-corrected chi connectivity index (χ4v) is 2.09. The molecular formula is C16H26N2O4. The monoisotopic (exact) mass is 310 g/mol. The van der Waals surface area contributed by atoms with Gasteiger partial charge in [0.15, 0.2) is 0 Å². The maximum absolute atomic E-state index is 11.5. The van der Waals surface area contributed by atoms with E-state index >= 15 is 0 Å². The van der Waals surface area contributed by atoms with Gasteiger partial charge in [0.2, 0.25) is 0 Å². The molecule has 22 heavy (non-hydrogen) atoms. The number of carbonyl (C=O) groups excluding carboxylic acids is 1. The number of nitrogens with two attached hydrogens (primary N) is 1. The molecule has 5 N–H and O–H groups in total. The second-order valence-corrected chi connectivity index (χ2v) is 6.31. The van der Waals surface area contributed by atoms with Crippen molar-refractivity contribution in [3.05, 3.63) is 29.3 Å². The van der Waals surface area contributed by atoms with Gasteiger partial charge in [0, 0.05) is 17.8 Å². The van der Waals surface area contributed by atoms with E-state index in [1.165, 1.54) is 0 Å². The van der Waals surface area contributed by atoms with Crippen LogP contribution in [0, 0.1) is 6.92 Å². The second kappa shape index (κ2) is 7.47. The van der Waals surface area contributed by atoms with Gasteiger partial charge in [-0.05, 0) is 45.7 Å². The van der Waals surface area contributed by atoms with Crippen LogP contribution in [-0.4, -0.2) is 34.6 Å². The number of aryl methyl sites for hydroxylation is 1. The lowest BCUT2D eigenvalue weighted by Gasteiger charge is -2.22. The molecule has 0 bridgehead atoms. The summed E-state index contributed by atoms with van der Waals surface area (Å²) in [6.45, 7) is 7.32. The number of carbonyl (C=O) groups is 1. The van der Waals surface area contributed by atoms with Gasteiger partial charge in [-0.2, -0.15) is 0 Å². The van der Waals surface area contributed by atoms with Crippen LogP contribution < -0.4 is 11.1 Å². The molecule has 0 radical (unpaired) electrons. The van der Waals surface area contributed by atoms with Crippen LogP contribution in [0.15, 0.2) is 18.2 Å². The summed E-state index contributed by atoms with van der Waals surface area (Å²) >= 11 is 0. The van der Waals surface area contributed by atoms with Crippen molar-refractivity contribution in [3.63, 3.8) is 0 Å². The van der Waals surface area contributed by atoms with Gasteiger partial charge >= 0.3 is 6.09 Å². The lowest BCUT2D eigenvalue weighted by atomic mass is 9.96. The van der Waals surface area contributed by atoms with Crippen molar-refractivity contribution in [1.29, 1.82) is 0 Å². The van der Waals surface area contributed by atoms with Crippen LogP contribution in [0.25, 0.3) is 0 Å². The van der Waals surface area contributed by atoms with E-state index in [4.69, 9.17) is 10.5 Å². The van der Waals surface area contributed by atoms with Gasteiger partial charge in [0.05, 0.1) is 6.10 Å². The SMILES string of the molecule is Cc1cccc(N)c1C(O)C(O)CCNC(=O)OC(C)(C)C. The molecule has 6 nitrogen and oxygen atoms in total. The number of rotatable bonds is 5. The molecule has 2 atom stereocenters.